The lowest BCUT2D eigenvalue weighted by Gasteiger charge is -2.24. The minimum atomic E-state index is -0.305. The lowest BCUT2D eigenvalue weighted by molar-refractivity contribution is 0.209. The molecule has 6 heteroatoms. The van der Waals surface area contributed by atoms with Gasteiger partial charge >= 0.3 is 6.03 Å². The number of halogens is 1. The molecule has 2 N–H and O–H groups in total. The first-order chi connectivity index (χ1) is 16.3. The summed E-state index contributed by atoms with van der Waals surface area (Å²) in [5.41, 5.74) is 6.25. The van der Waals surface area contributed by atoms with E-state index in [4.69, 9.17) is 11.6 Å². The van der Waals surface area contributed by atoms with Gasteiger partial charge in [-0.15, -0.1) is 0 Å². The number of carbonyl (C=O) groups excluding carboxylic acids is 1. The summed E-state index contributed by atoms with van der Waals surface area (Å²) >= 11 is 6.25. The summed E-state index contributed by atoms with van der Waals surface area (Å²) in [6, 6.07) is 20.9. The average Bonchev–Trinajstić information content (AvgIpc) is 2.79. The van der Waals surface area contributed by atoms with Crippen LogP contribution in [-0.4, -0.2) is 22.5 Å². The SMILES string of the molecule is Cc1cccc(CCN(Cc2cc3cc(C)c(C)cc3[nH]c2=O)C(=O)Nc2ccccc2Cl)c1. The van der Waals surface area contributed by atoms with Crippen LogP contribution in [0.2, 0.25) is 5.02 Å². The second-order valence-corrected chi connectivity index (χ2v) is 9.13. The van der Waals surface area contributed by atoms with Gasteiger partial charge < -0.3 is 15.2 Å². The number of H-pyrrole nitrogens is 1. The molecule has 5 nitrogen and oxygen atoms in total. The first kappa shape index (κ1) is 23.6. The van der Waals surface area contributed by atoms with Crippen molar-refractivity contribution >= 4 is 34.2 Å². The third-order valence-electron chi connectivity index (χ3n) is 6.05. The van der Waals surface area contributed by atoms with Crippen LogP contribution >= 0.6 is 11.6 Å². The van der Waals surface area contributed by atoms with Crippen molar-refractivity contribution in [3.8, 4) is 0 Å². The van der Waals surface area contributed by atoms with E-state index >= 15 is 0 Å². The van der Waals surface area contributed by atoms with Crippen LogP contribution in [0.3, 0.4) is 0 Å². The number of carbonyl (C=O) groups is 1. The monoisotopic (exact) mass is 473 g/mol. The predicted molar refractivity (Wildman–Crippen MR) is 140 cm³/mol. The standard InChI is InChI=1S/C28H28ClN3O2/c1-18-7-6-8-21(13-18)11-12-32(28(34)31-25-10-5-4-9-24(25)29)17-23-16-22-14-19(2)20(3)15-26(22)30-27(23)33/h4-10,13-16H,11-12,17H2,1-3H3,(H,30,33)(H,31,34). The second-order valence-electron chi connectivity index (χ2n) is 8.72. The number of rotatable bonds is 6. The van der Waals surface area contributed by atoms with Crippen molar-refractivity contribution in [1.82, 2.24) is 9.88 Å². The summed E-state index contributed by atoms with van der Waals surface area (Å²) in [5.74, 6) is 0. The van der Waals surface area contributed by atoms with E-state index in [9.17, 15) is 9.59 Å². The maximum atomic E-state index is 13.3. The summed E-state index contributed by atoms with van der Waals surface area (Å²) < 4.78 is 0. The molecule has 0 spiro atoms. The van der Waals surface area contributed by atoms with Crippen LogP contribution in [0.4, 0.5) is 10.5 Å². The van der Waals surface area contributed by atoms with Gasteiger partial charge in [-0.05, 0) is 79.6 Å². The molecule has 0 aliphatic carbocycles. The van der Waals surface area contributed by atoms with Crippen LogP contribution < -0.4 is 10.9 Å². The van der Waals surface area contributed by atoms with Crippen LogP contribution in [0.1, 0.15) is 27.8 Å². The number of fused-ring (bicyclic) bond motifs is 1. The molecule has 174 valence electrons. The number of aryl methyl sites for hydroxylation is 3. The van der Waals surface area contributed by atoms with Crippen molar-refractivity contribution in [2.75, 3.05) is 11.9 Å². The summed E-state index contributed by atoms with van der Waals surface area (Å²) in [6.07, 6.45) is 0.668. The molecule has 0 saturated carbocycles. The fraction of sp³-hybridized carbons (Fsp3) is 0.214. The first-order valence-corrected chi connectivity index (χ1v) is 11.7. The fourth-order valence-corrected chi connectivity index (χ4v) is 4.17. The number of amides is 2. The first-order valence-electron chi connectivity index (χ1n) is 11.3. The lowest BCUT2D eigenvalue weighted by Crippen LogP contribution is -2.37. The molecule has 4 aromatic rings. The minimum Gasteiger partial charge on any atom is -0.322 e. The van der Waals surface area contributed by atoms with E-state index in [1.165, 1.54) is 5.56 Å². The lowest BCUT2D eigenvalue weighted by atomic mass is 10.0. The summed E-state index contributed by atoms with van der Waals surface area (Å²) in [5, 5.41) is 4.30. The highest BCUT2D eigenvalue weighted by atomic mass is 35.5. The molecule has 2 amide bonds. The number of hydrogen-bond acceptors (Lipinski definition) is 2. The minimum absolute atomic E-state index is 0.181. The third-order valence-corrected chi connectivity index (χ3v) is 6.38. The topological polar surface area (TPSA) is 65.2 Å². The number of pyridine rings is 1. The Morgan fingerprint density at radius 3 is 2.50 bits per heavy atom. The Balaban J connectivity index is 1.63. The van der Waals surface area contributed by atoms with Crippen molar-refractivity contribution < 1.29 is 4.79 Å². The van der Waals surface area contributed by atoms with Crippen LogP contribution in [-0.2, 0) is 13.0 Å². The molecular formula is C28H28ClN3O2. The number of aromatic nitrogens is 1. The van der Waals surface area contributed by atoms with Gasteiger partial charge in [0, 0.05) is 17.6 Å². The summed E-state index contributed by atoms with van der Waals surface area (Å²) in [4.78, 5) is 30.8. The fourth-order valence-electron chi connectivity index (χ4n) is 3.99. The number of urea groups is 1. The average molecular weight is 474 g/mol. The van der Waals surface area contributed by atoms with Crippen molar-refractivity contribution in [2.24, 2.45) is 0 Å². The van der Waals surface area contributed by atoms with Crippen LogP contribution in [0.5, 0.6) is 0 Å². The Bertz CT molecular complexity index is 1410. The van der Waals surface area contributed by atoms with Crippen molar-refractivity contribution in [2.45, 2.75) is 33.7 Å². The molecular weight excluding hydrogens is 446 g/mol. The van der Waals surface area contributed by atoms with E-state index in [1.807, 2.05) is 63.2 Å². The Labute approximate surface area is 204 Å². The van der Waals surface area contributed by atoms with E-state index < -0.39 is 0 Å². The van der Waals surface area contributed by atoms with Gasteiger partial charge in [-0.2, -0.15) is 0 Å². The molecule has 1 heterocycles. The van der Waals surface area contributed by atoms with Gasteiger partial charge in [-0.25, -0.2) is 4.79 Å². The van der Waals surface area contributed by atoms with Gasteiger partial charge in [0.1, 0.15) is 0 Å². The zero-order valence-corrected chi connectivity index (χ0v) is 20.4. The summed E-state index contributed by atoms with van der Waals surface area (Å²) in [6.45, 7) is 6.74. The van der Waals surface area contributed by atoms with E-state index in [0.29, 0.717) is 29.2 Å². The van der Waals surface area contributed by atoms with Gasteiger partial charge in [0.25, 0.3) is 5.56 Å². The molecule has 0 aliphatic rings. The molecule has 0 radical (unpaired) electrons. The molecule has 0 unspecified atom stereocenters. The van der Waals surface area contributed by atoms with Gasteiger partial charge in [-0.3, -0.25) is 4.79 Å². The number of benzene rings is 3. The molecule has 3 aromatic carbocycles. The molecule has 1 aromatic heterocycles. The van der Waals surface area contributed by atoms with E-state index in [0.717, 1.165) is 27.6 Å². The highest BCUT2D eigenvalue weighted by Gasteiger charge is 2.18. The number of anilines is 1. The zero-order valence-electron chi connectivity index (χ0n) is 19.6. The van der Waals surface area contributed by atoms with Crippen molar-refractivity contribution in [3.63, 3.8) is 0 Å². The van der Waals surface area contributed by atoms with Gasteiger partial charge in [0.15, 0.2) is 0 Å². The van der Waals surface area contributed by atoms with E-state index in [1.54, 1.807) is 17.0 Å². The maximum Gasteiger partial charge on any atom is 0.322 e. The molecule has 0 aliphatic heterocycles. The zero-order chi connectivity index (χ0) is 24.2. The Morgan fingerprint density at radius 2 is 1.74 bits per heavy atom. The van der Waals surface area contributed by atoms with Crippen molar-refractivity contribution in [1.29, 1.82) is 0 Å². The van der Waals surface area contributed by atoms with E-state index in [2.05, 4.69) is 22.4 Å². The third kappa shape index (κ3) is 5.49. The maximum absolute atomic E-state index is 13.3. The highest BCUT2D eigenvalue weighted by molar-refractivity contribution is 6.33. The normalized spacial score (nSPS) is 10.9. The van der Waals surface area contributed by atoms with Gasteiger partial charge in [0.2, 0.25) is 0 Å². The predicted octanol–water partition coefficient (Wildman–Crippen LogP) is 6.38. The van der Waals surface area contributed by atoms with E-state index in [-0.39, 0.29) is 18.1 Å². The Morgan fingerprint density at radius 1 is 0.971 bits per heavy atom. The molecule has 0 saturated heterocycles. The number of nitrogens with one attached hydrogen (secondary N) is 2. The second kappa shape index (κ2) is 10.1. The van der Waals surface area contributed by atoms with Gasteiger partial charge in [0.05, 0.1) is 17.3 Å². The highest BCUT2D eigenvalue weighted by Crippen LogP contribution is 2.22. The van der Waals surface area contributed by atoms with Crippen molar-refractivity contribution in [3.05, 3.63) is 110 Å². The van der Waals surface area contributed by atoms with Gasteiger partial charge in [-0.1, -0.05) is 53.6 Å². The molecule has 0 bridgehead atoms. The number of nitrogens with zero attached hydrogens (tertiary/aromatic N) is 1. The Hall–Kier alpha value is -3.57. The number of aromatic amines is 1. The summed E-state index contributed by atoms with van der Waals surface area (Å²) in [7, 11) is 0. The molecule has 0 fully saturated rings. The molecule has 0 atom stereocenters. The van der Waals surface area contributed by atoms with Crippen LogP contribution in [0.15, 0.2) is 71.5 Å². The Kier molecular flexibility index (Phi) is 7.03. The number of para-hydroxylation sites is 1. The molecule has 4 rings (SSSR count). The molecule has 34 heavy (non-hydrogen) atoms. The van der Waals surface area contributed by atoms with Crippen LogP contribution in [0, 0.1) is 20.8 Å². The smallest absolute Gasteiger partial charge is 0.322 e. The largest absolute Gasteiger partial charge is 0.322 e. The van der Waals surface area contributed by atoms with Crippen LogP contribution in [0.25, 0.3) is 10.9 Å². The number of hydrogen-bond donors (Lipinski definition) is 2. The quantitative estimate of drug-likeness (QED) is 0.341.